The van der Waals surface area contributed by atoms with Crippen LogP contribution in [0.15, 0.2) is 18.2 Å². The zero-order valence-corrected chi connectivity index (χ0v) is 9.03. The number of pyridine rings is 1. The van der Waals surface area contributed by atoms with E-state index in [1.165, 1.54) is 12.1 Å². The summed E-state index contributed by atoms with van der Waals surface area (Å²) < 4.78 is 43.8. The highest BCUT2D eigenvalue weighted by atomic mass is 19.4. The monoisotopic (exact) mass is 245 g/mol. The maximum absolute atomic E-state index is 12.7. The van der Waals surface area contributed by atoms with E-state index in [-0.39, 0.29) is 18.1 Å². The Morgan fingerprint density at radius 1 is 1.35 bits per heavy atom. The Hall–Kier alpha value is -1.63. The predicted octanol–water partition coefficient (Wildman–Crippen LogP) is 2.28. The van der Waals surface area contributed by atoms with Gasteiger partial charge in [0.15, 0.2) is 11.5 Å². The molecule has 0 N–H and O–H groups in total. The highest BCUT2D eigenvalue weighted by Crippen LogP contribution is 2.28. The normalized spacial score (nSPS) is 12.2. The molecule has 92 valence electrons. The molecule has 0 radical (unpaired) electrons. The Morgan fingerprint density at radius 3 is 2.76 bits per heavy atom. The fourth-order valence-corrected chi connectivity index (χ4v) is 1.42. The number of nitrogens with zero attached hydrogens (tertiary/aromatic N) is 3. The lowest BCUT2D eigenvalue weighted by Crippen LogP contribution is -2.12. The summed E-state index contributed by atoms with van der Waals surface area (Å²) in [6.45, 7) is 2.36. The summed E-state index contributed by atoms with van der Waals surface area (Å²) in [5.41, 5.74) is -0.681. The van der Waals surface area contributed by atoms with E-state index in [1.807, 2.05) is 0 Å². The van der Waals surface area contributed by atoms with Gasteiger partial charge in [0, 0.05) is 6.61 Å². The molecule has 0 aromatic carbocycles. The van der Waals surface area contributed by atoms with Crippen LogP contribution in [0.25, 0.3) is 5.65 Å². The van der Waals surface area contributed by atoms with Gasteiger partial charge in [-0.25, -0.2) is 9.50 Å². The topological polar surface area (TPSA) is 39.4 Å². The average molecular weight is 245 g/mol. The van der Waals surface area contributed by atoms with Crippen LogP contribution in [0.3, 0.4) is 0 Å². The number of fused-ring (bicyclic) bond motifs is 1. The summed E-state index contributed by atoms with van der Waals surface area (Å²) >= 11 is 0. The third-order valence-corrected chi connectivity index (χ3v) is 2.13. The third kappa shape index (κ3) is 2.38. The van der Waals surface area contributed by atoms with Crippen molar-refractivity contribution in [3.8, 4) is 0 Å². The number of rotatable bonds is 3. The number of aromatic nitrogens is 3. The first-order valence-corrected chi connectivity index (χ1v) is 5.02. The van der Waals surface area contributed by atoms with E-state index in [0.717, 1.165) is 10.6 Å². The second-order valence-electron chi connectivity index (χ2n) is 3.34. The Morgan fingerprint density at radius 2 is 2.12 bits per heavy atom. The summed E-state index contributed by atoms with van der Waals surface area (Å²) in [6.07, 6.45) is -4.45. The molecule has 0 aliphatic carbocycles. The van der Waals surface area contributed by atoms with Crippen LogP contribution < -0.4 is 0 Å². The fraction of sp³-hybridized carbons (Fsp3) is 0.400. The van der Waals surface area contributed by atoms with Gasteiger partial charge < -0.3 is 4.74 Å². The average Bonchev–Trinajstić information content (AvgIpc) is 2.66. The zero-order valence-electron chi connectivity index (χ0n) is 9.03. The van der Waals surface area contributed by atoms with E-state index in [9.17, 15) is 13.2 Å². The lowest BCUT2D eigenvalue weighted by atomic mass is 10.3. The van der Waals surface area contributed by atoms with Gasteiger partial charge in [-0.3, -0.25) is 0 Å². The highest BCUT2D eigenvalue weighted by Gasteiger charge is 2.34. The Labute approximate surface area is 95.0 Å². The molecule has 0 amide bonds. The first-order valence-electron chi connectivity index (χ1n) is 5.02. The first-order chi connectivity index (χ1) is 8.02. The molecule has 0 bridgehead atoms. The molecule has 2 aromatic heterocycles. The van der Waals surface area contributed by atoms with Crippen LogP contribution >= 0.6 is 0 Å². The van der Waals surface area contributed by atoms with Gasteiger partial charge in [0.2, 0.25) is 0 Å². The van der Waals surface area contributed by atoms with E-state index in [1.54, 1.807) is 6.92 Å². The summed E-state index contributed by atoms with van der Waals surface area (Å²) in [5.74, 6) is 0.239. The molecule has 4 nitrogen and oxygen atoms in total. The SMILES string of the molecule is CCOCc1nc2cccc(C(F)(F)F)n2n1. The number of ether oxygens (including phenoxy) is 1. The molecule has 2 aromatic rings. The van der Waals surface area contributed by atoms with E-state index < -0.39 is 11.9 Å². The molecule has 17 heavy (non-hydrogen) atoms. The minimum Gasteiger partial charge on any atom is -0.374 e. The Balaban J connectivity index is 2.46. The number of hydrogen-bond acceptors (Lipinski definition) is 3. The molecule has 7 heteroatoms. The van der Waals surface area contributed by atoms with Gasteiger partial charge in [0.25, 0.3) is 0 Å². The fourth-order valence-electron chi connectivity index (χ4n) is 1.42. The van der Waals surface area contributed by atoms with Gasteiger partial charge in [-0.1, -0.05) is 6.07 Å². The van der Waals surface area contributed by atoms with Crippen molar-refractivity contribution in [2.75, 3.05) is 6.61 Å². The molecule has 0 atom stereocenters. The van der Waals surface area contributed by atoms with Gasteiger partial charge >= 0.3 is 6.18 Å². The van der Waals surface area contributed by atoms with Crippen molar-refractivity contribution in [1.29, 1.82) is 0 Å². The van der Waals surface area contributed by atoms with Crippen LogP contribution in [0, 0.1) is 0 Å². The summed E-state index contributed by atoms with van der Waals surface area (Å²) in [4.78, 5) is 3.95. The largest absolute Gasteiger partial charge is 0.433 e. The lowest BCUT2D eigenvalue weighted by Gasteiger charge is -2.06. The molecule has 0 saturated heterocycles. The van der Waals surface area contributed by atoms with Gasteiger partial charge in [-0.2, -0.15) is 13.2 Å². The van der Waals surface area contributed by atoms with Crippen molar-refractivity contribution >= 4 is 5.65 Å². The molecule has 2 heterocycles. The molecule has 0 saturated carbocycles. The van der Waals surface area contributed by atoms with Crippen molar-refractivity contribution in [2.24, 2.45) is 0 Å². The van der Waals surface area contributed by atoms with Crippen LogP contribution in [-0.2, 0) is 17.5 Å². The third-order valence-electron chi connectivity index (χ3n) is 2.13. The second kappa shape index (κ2) is 4.33. The van der Waals surface area contributed by atoms with Crippen LogP contribution in [0.4, 0.5) is 13.2 Å². The molecule has 0 aliphatic heterocycles. The molecule has 0 fully saturated rings. The molecular formula is C10H10F3N3O. The molecule has 2 rings (SSSR count). The number of halogens is 3. The first kappa shape index (κ1) is 11.8. The maximum atomic E-state index is 12.7. The van der Waals surface area contributed by atoms with Crippen molar-refractivity contribution in [1.82, 2.24) is 14.6 Å². The van der Waals surface area contributed by atoms with Gasteiger partial charge in [0.05, 0.1) is 0 Å². The molecule has 0 spiro atoms. The van der Waals surface area contributed by atoms with Crippen molar-refractivity contribution in [3.63, 3.8) is 0 Å². The van der Waals surface area contributed by atoms with Crippen LogP contribution in [0.2, 0.25) is 0 Å². The standard InChI is InChI=1S/C10H10F3N3O/c1-2-17-6-8-14-9-5-3-4-7(10(11,12)13)16(9)15-8/h3-5H,2,6H2,1H3. The van der Waals surface area contributed by atoms with Crippen molar-refractivity contribution in [2.45, 2.75) is 19.7 Å². The second-order valence-corrected chi connectivity index (χ2v) is 3.34. The lowest BCUT2D eigenvalue weighted by molar-refractivity contribution is -0.142. The maximum Gasteiger partial charge on any atom is 0.433 e. The number of hydrogen-bond donors (Lipinski definition) is 0. The minimum atomic E-state index is -4.45. The Bertz CT molecular complexity index is 521. The highest BCUT2D eigenvalue weighted by molar-refractivity contribution is 5.39. The van der Waals surface area contributed by atoms with Gasteiger partial charge in [-0.15, -0.1) is 5.10 Å². The minimum absolute atomic E-state index is 0.107. The quantitative estimate of drug-likeness (QED) is 0.832. The summed E-state index contributed by atoms with van der Waals surface area (Å²) in [6, 6.07) is 3.74. The molecule has 0 unspecified atom stereocenters. The van der Waals surface area contributed by atoms with Crippen molar-refractivity contribution in [3.05, 3.63) is 29.7 Å². The summed E-state index contributed by atoms with van der Waals surface area (Å²) in [5, 5.41) is 3.78. The van der Waals surface area contributed by atoms with Gasteiger partial charge in [0.1, 0.15) is 12.3 Å². The van der Waals surface area contributed by atoms with Crippen LogP contribution in [0.5, 0.6) is 0 Å². The van der Waals surface area contributed by atoms with Crippen molar-refractivity contribution < 1.29 is 17.9 Å². The Kier molecular flexibility index (Phi) is 3.01. The van der Waals surface area contributed by atoms with E-state index in [0.29, 0.717) is 6.61 Å². The van der Waals surface area contributed by atoms with E-state index in [4.69, 9.17) is 4.74 Å². The predicted molar refractivity (Wildman–Crippen MR) is 53.3 cm³/mol. The summed E-state index contributed by atoms with van der Waals surface area (Å²) in [7, 11) is 0. The van der Waals surface area contributed by atoms with Gasteiger partial charge in [-0.05, 0) is 19.1 Å². The smallest absolute Gasteiger partial charge is 0.374 e. The number of alkyl halides is 3. The van der Waals surface area contributed by atoms with Crippen LogP contribution in [-0.4, -0.2) is 21.2 Å². The van der Waals surface area contributed by atoms with E-state index >= 15 is 0 Å². The van der Waals surface area contributed by atoms with E-state index in [2.05, 4.69) is 10.1 Å². The molecule has 0 aliphatic rings. The molecular weight excluding hydrogens is 235 g/mol. The van der Waals surface area contributed by atoms with Crippen LogP contribution in [0.1, 0.15) is 18.4 Å². The zero-order chi connectivity index (χ0) is 12.5.